The number of H-pyrrole nitrogens is 1. The molecule has 15 rings (SSSR count). The minimum atomic E-state index is -0.750. The number of aromatic nitrogens is 10. The molecule has 6 fully saturated rings. The zero-order valence-corrected chi connectivity index (χ0v) is 44.1. The minimum Gasteiger partial charge on any atom is -0.361 e. The van der Waals surface area contributed by atoms with Gasteiger partial charge in [-0.3, -0.25) is 0 Å². The van der Waals surface area contributed by atoms with Crippen LogP contribution in [0.15, 0.2) is 88.4 Å². The summed E-state index contributed by atoms with van der Waals surface area (Å²) in [5, 5.41) is 17.6. The Morgan fingerprint density at radius 3 is 1.64 bits per heavy atom. The number of benzene rings is 1. The number of hydrogen-bond acceptors (Lipinski definition) is 16. The number of fused-ring (bicyclic) bond motifs is 10. The van der Waals surface area contributed by atoms with Crippen molar-refractivity contribution in [1.29, 1.82) is 0 Å². The minimum absolute atomic E-state index is 0.375. The van der Waals surface area contributed by atoms with Gasteiger partial charge in [-0.2, -0.15) is 8.42 Å². The highest BCUT2D eigenvalue weighted by molar-refractivity contribution is 7.51. The van der Waals surface area contributed by atoms with E-state index < -0.39 is 11.6 Å². The van der Waals surface area contributed by atoms with E-state index in [1.165, 1.54) is 64.7 Å². The Hall–Kier alpha value is -7.48. The number of aromatic amines is 1. The van der Waals surface area contributed by atoms with E-state index in [2.05, 4.69) is 95.7 Å². The van der Waals surface area contributed by atoms with Gasteiger partial charge < -0.3 is 39.0 Å². The van der Waals surface area contributed by atoms with E-state index in [0.29, 0.717) is 24.0 Å². The van der Waals surface area contributed by atoms with Crippen LogP contribution in [-0.2, 0) is 11.6 Å². The van der Waals surface area contributed by atoms with Crippen molar-refractivity contribution < 1.29 is 17.5 Å². The average molecular weight is 1030 g/mol. The second kappa shape index (κ2) is 21.4. The van der Waals surface area contributed by atoms with Crippen molar-refractivity contribution in [3.8, 4) is 50.7 Å². The van der Waals surface area contributed by atoms with Crippen molar-refractivity contribution in [3.63, 3.8) is 0 Å². The van der Waals surface area contributed by atoms with Gasteiger partial charge in [-0.25, -0.2) is 29.9 Å². The summed E-state index contributed by atoms with van der Waals surface area (Å²) in [5.41, 5.74) is 14.0. The number of piperidine rings is 2. The van der Waals surface area contributed by atoms with Crippen LogP contribution in [0, 0.1) is 53.4 Å². The van der Waals surface area contributed by atoms with Crippen molar-refractivity contribution in [2.24, 2.45) is 11.8 Å². The molecule has 3 N–H and O–H groups in total. The lowest BCUT2D eigenvalue weighted by atomic mass is 9.94. The predicted molar refractivity (Wildman–Crippen MR) is 290 cm³/mol. The van der Waals surface area contributed by atoms with Crippen molar-refractivity contribution >= 4 is 45.5 Å². The van der Waals surface area contributed by atoms with Crippen molar-refractivity contribution in [2.75, 3.05) is 49.9 Å². The molecule has 2 atom stereocenters. The van der Waals surface area contributed by atoms with E-state index in [-0.39, 0.29) is 0 Å². The summed E-state index contributed by atoms with van der Waals surface area (Å²) in [6.07, 6.45) is 15.6. The van der Waals surface area contributed by atoms with Gasteiger partial charge in [0.05, 0.1) is 45.3 Å². The molecular formula is C56H62N14O4S. The van der Waals surface area contributed by atoms with Gasteiger partial charge in [0, 0.05) is 77.5 Å². The largest absolute Gasteiger partial charge is 0.361 e. The molecular weight excluding hydrogens is 965 g/mol. The maximum atomic E-state index is 8.29. The van der Waals surface area contributed by atoms with E-state index in [4.69, 9.17) is 42.4 Å². The van der Waals surface area contributed by atoms with Gasteiger partial charge in [0.25, 0.3) is 0 Å². The number of para-hydroxylation sites is 1. The molecule has 9 aromatic rings. The standard InChI is InChI=1S/C31H33N7O.C25H29N7O.O2S/c1-19-16-32-31(33-23-15-22-11-13-37(17-23)14-12-22)35-29(19)26-18-38(24-7-5-4-6-8-24)30-25(26)9-10-27(34-30)28-20(2)36-39-21(28)3;1-14-11-27-25(28-18-10-17-6-8-32(13-18)9-7-17)30-23(14)20-12-26-24-19(20)4-5-21(29-24)22-15(2)31-33-16(22)3;1-3-2/h4-10,16,18,22-23H,11-15,17H2,1-3H3,(H,32,33,35);4-5,11-12,17-18H,6-10,13H2,1-3H3,(H,26,29)(H,27,28,30);/t23-;18-;/m11./s1. The maximum Gasteiger partial charge on any atom is 0.335 e. The molecule has 0 amide bonds. The van der Waals surface area contributed by atoms with Crippen LogP contribution in [0.1, 0.15) is 72.6 Å². The van der Waals surface area contributed by atoms with Crippen LogP contribution in [0.5, 0.6) is 0 Å². The van der Waals surface area contributed by atoms with Crippen molar-refractivity contribution in [1.82, 2.24) is 59.6 Å². The first-order valence-electron chi connectivity index (χ1n) is 26.0. The number of nitrogens with one attached hydrogen (secondary N) is 3. The summed E-state index contributed by atoms with van der Waals surface area (Å²) in [4.78, 5) is 37.8. The monoisotopic (exact) mass is 1030 g/mol. The first-order chi connectivity index (χ1) is 36.5. The molecule has 1 aromatic carbocycles. The summed E-state index contributed by atoms with van der Waals surface area (Å²) in [6, 6.07) is 19.4. The number of pyridine rings is 2. The molecule has 14 heterocycles. The lowest BCUT2D eigenvalue weighted by Gasteiger charge is -2.26. The smallest absolute Gasteiger partial charge is 0.335 e. The molecule has 6 aliphatic rings. The molecule has 6 aliphatic heterocycles. The zero-order valence-electron chi connectivity index (χ0n) is 43.3. The van der Waals surface area contributed by atoms with Crippen LogP contribution in [0.2, 0.25) is 0 Å². The Bertz CT molecular complexity index is 3460. The van der Waals surface area contributed by atoms with Crippen LogP contribution >= 0.6 is 0 Å². The van der Waals surface area contributed by atoms with Crippen LogP contribution in [0.3, 0.4) is 0 Å². The molecule has 6 saturated heterocycles. The molecule has 0 saturated carbocycles. The Labute approximate surface area is 438 Å². The number of hydrogen-bond donors (Lipinski definition) is 3. The predicted octanol–water partition coefficient (Wildman–Crippen LogP) is 9.79. The van der Waals surface area contributed by atoms with E-state index >= 15 is 0 Å². The molecule has 0 unspecified atom stereocenters. The molecule has 19 heteroatoms. The van der Waals surface area contributed by atoms with E-state index in [1.807, 2.05) is 70.6 Å². The molecule has 0 radical (unpaired) electrons. The van der Waals surface area contributed by atoms with Crippen LogP contribution in [0.25, 0.3) is 72.8 Å². The molecule has 4 bridgehead atoms. The Morgan fingerprint density at radius 1 is 0.613 bits per heavy atom. The first kappa shape index (κ1) is 49.7. The van der Waals surface area contributed by atoms with Crippen molar-refractivity contribution in [3.05, 3.63) is 113 Å². The number of nitrogens with zero attached hydrogens (tertiary/aromatic N) is 11. The lowest BCUT2D eigenvalue weighted by Crippen LogP contribution is -2.35. The highest BCUT2D eigenvalue weighted by Crippen LogP contribution is 2.37. The highest BCUT2D eigenvalue weighted by Gasteiger charge is 2.31. The molecule has 386 valence electrons. The maximum absolute atomic E-state index is 8.29. The second-order valence-corrected chi connectivity index (χ2v) is 20.8. The molecule has 18 nitrogen and oxygen atoms in total. The Morgan fingerprint density at radius 2 is 1.12 bits per heavy atom. The summed E-state index contributed by atoms with van der Waals surface area (Å²) in [6.45, 7) is 18.9. The molecule has 0 spiro atoms. The fraction of sp³-hybridized carbons (Fsp3) is 0.393. The Kier molecular flexibility index (Phi) is 14.2. The zero-order chi connectivity index (χ0) is 51.7. The topological polar surface area (TPSA) is 215 Å². The Balaban J connectivity index is 0.000000155. The molecule has 8 aromatic heterocycles. The van der Waals surface area contributed by atoms with E-state index in [1.54, 1.807) is 0 Å². The summed E-state index contributed by atoms with van der Waals surface area (Å²) in [5.74, 6) is 4.56. The second-order valence-electron chi connectivity index (χ2n) is 20.7. The lowest BCUT2D eigenvalue weighted by molar-refractivity contribution is 0.223. The van der Waals surface area contributed by atoms with Gasteiger partial charge in [-0.1, -0.05) is 28.5 Å². The molecule has 0 aliphatic carbocycles. The fourth-order valence-corrected chi connectivity index (χ4v) is 11.8. The number of rotatable bonds is 9. The summed E-state index contributed by atoms with van der Waals surface area (Å²) >= 11 is -0.750. The number of anilines is 2. The third-order valence-corrected chi connectivity index (χ3v) is 15.5. The SMILES string of the molecule is Cc1cnc(N[C@@H]2CC3CCN(CC3)C2)nc1-c1c[nH]c2nc(-c3c(C)noc3C)ccc12.Cc1cnc(N[C@@H]2CC3CCN(CC3)C2)nc1-c1cn(-c2ccccc2)c2nc(-c3c(C)noc3C)ccc12.O=S=O. The first-order valence-corrected chi connectivity index (χ1v) is 26.7. The number of aryl methyl sites for hydroxylation is 6. The highest BCUT2D eigenvalue weighted by atomic mass is 32.1. The van der Waals surface area contributed by atoms with Gasteiger partial charge in [-0.05, 0) is 166 Å². The van der Waals surface area contributed by atoms with Crippen LogP contribution < -0.4 is 10.6 Å². The quantitative estimate of drug-likeness (QED) is 0.123. The van der Waals surface area contributed by atoms with Gasteiger partial charge in [0.15, 0.2) is 0 Å². The van der Waals surface area contributed by atoms with E-state index in [9.17, 15) is 0 Å². The molecule has 75 heavy (non-hydrogen) atoms. The van der Waals surface area contributed by atoms with Crippen molar-refractivity contribution in [2.45, 2.75) is 92.2 Å². The van der Waals surface area contributed by atoms with Gasteiger partial charge in [0.2, 0.25) is 11.9 Å². The van der Waals surface area contributed by atoms with Crippen LogP contribution in [-0.4, -0.2) is 119 Å². The van der Waals surface area contributed by atoms with Crippen LogP contribution in [0.4, 0.5) is 11.9 Å². The summed E-state index contributed by atoms with van der Waals surface area (Å²) < 4.78 is 29.5. The van der Waals surface area contributed by atoms with Gasteiger partial charge >= 0.3 is 11.6 Å². The van der Waals surface area contributed by atoms with E-state index in [0.717, 1.165) is 132 Å². The third kappa shape index (κ3) is 10.4. The van der Waals surface area contributed by atoms with Gasteiger partial charge in [0.1, 0.15) is 22.8 Å². The third-order valence-electron chi connectivity index (χ3n) is 15.5. The fourth-order valence-electron chi connectivity index (χ4n) is 11.8. The summed E-state index contributed by atoms with van der Waals surface area (Å²) in [7, 11) is 0. The average Bonchev–Trinajstić information content (AvgIpc) is 4.03. The van der Waals surface area contributed by atoms with Gasteiger partial charge in [-0.15, -0.1) is 0 Å². The normalized spacial score (nSPS) is 20.9.